The zero-order valence-corrected chi connectivity index (χ0v) is 14.3. The average Bonchev–Trinajstić information content (AvgIpc) is 3.24. The van der Waals surface area contributed by atoms with Crippen molar-refractivity contribution in [3.8, 4) is 11.7 Å². The van der Waals surface area contributed by atoms with Gasteiger partial charge in [0.15, 0.2) is 6.39 Å². The Kier molecular flexibility index (Phi) is 4.33. The molecule has 0 radical (unpaired) electrons. The third-order valence-corrected chi connectivity index (χ3v) is 4.24. The fraction of sp³-hybridized carbons (Fsp3) is 0.389. The van der Waals surface area contributed by atoms with E-state index in [4.69, 9.17) is 13.6 Å². The maximum absolute atomic E-state index is 6.02. The highest BCUT2D eigenvalue weighted by molar-refractivity contribution is 5.46. The molecule has 0 saturated carbocycles. The molecule has 130 valence electrons. The summed E-state index contributed by atoms with van der Waals surface area (Å²) in [6, 6.07) is 10.4. The number of morpholine rings is 1. The molecule has 0 aliphatic carbocycles. The molecule has 1 saturated heterocycles. The average molecular weight is 340 g/mol. The summed E-state index contributed by atoms with van der Waals surface area (Å²) in [6.45, 7) is 6.34. The van der Waals surface area contributed by atoms with Crippen molar-refractivity contribution in [2.24, 2.45) is 0 Å². The maximum atomic E-state index is 6.02. The normalized spacial score (nSPS) is 21.5. The lowest BCUT2D eigenvalue weighted by atomic mass is 10.1. The van der Waals surface area contributed by atoms with Crippen LogP contribution < -0.4 is 0 Å². The van der Waals surface area contributed by atoms with E-state index >= 15 is 0 Å². The first kappa shape index (κ1) is 16.0. The van der Waals surface area contributed by atoms with Gasteiger partial charge in [0.2, 0.25) is 11.7 Å². The Morgan fingerprint density at radius 3 is 2.76 bits per heavy atom. The largest absolute Gasteiger partial charge is 0.438 e. The molecule has 0 amide bonds. The Morgan fingerprint density at radius 2 is 2.00 bits per heavy atom. The van der Waals surface area contributed by atoms with E-state index in [1.165, 1.54) is 12.0 Å². The van der Waals surface area contributed by atoms with Crippen molar-refractivity contribution in [3.05, 3.63) is 53.9 Å². The van der Waals surface area contributed by atoms with Crippen LogP contribution >= 0.6 is 0 Å². The van der Waals surface area contributed by atoms with E-state index < -0.39 is 0 Å². The number of oxazole rings is 1. The van der Waals surface area contributed by atoms with Gasteiger partial charge in [-0.25, -0.2) is 4.98 Å². The minimum Gasteiger partial charge on any atom is -0.438 e. The van der Waals surface area contributed by atoms with E-state index in [1.807, 2.05) is 13.0 Å². The summed E-state index contributed by atoms with van der Waals surface area (Å²) in [4.78, 5) is 6.40. The molecule has 1 aliphatic rings. The fourth-order valence-corrected chi connectivity index (χ4v) is 3.11. The molecule has 2 atom stereocenters. The number of rotatable bonds is 4. The topological polar surface area (TPSA) is 77.4 Å². The molecular formula is C18H20N4O3. The first-order chi connectivity index (χ1) is 12.2. The summed E-state index contributed by atoms with van der Waals surface area (Å²) < 4.78 is 17.1. The van der Waals surface area contributed by atoms with E-state index in [9.17, 15) is 0 Å². The van der Waals surface area contributed by atoms with Crippen LogP contribution in [0.1, 0.15) is 30.2 Å². The van der Waals surface area contributed by atoms with Crippen molar-refractivity contribution < 1.29 is 13.6 Å². The lowest BCUT2D eigenvalue weighted by Gasteiger charge is -2.35. The van der Waals surface area contributed by atoms with Gasteiger partial charge in [-0.15, -0.1) is 10.2 Å². The van der Waals surface area contributed by atoms with Gasteiger partial charge in [-0.3, -0.25) is 4.90 Å². The molecule has 0 unspecified atom stereocenters. The number of benzene rings is 1. The van der Waals surface area contributed by atoms with Crippen molar-refractivity contribution >= 4 is 0 Å². The highest BCUT2D eigenvalue weighted by Crippen LogP contribution is 2.28. The van der Waals surface area contributed by atoms with Crippen LogP contribution in [0.2, 0.25) is 0 Å². The van der Waals surface area contributed by atoms with E-state index in [2.05, 4.69) is 51.3 Å². The minimum absolute atomic E-state index is 0.0878. The number of ether oxygens (including phenoxy) is 1. The van der Waals surface area contributed by atoms with Crippen molar-refractivity contribution in [2.45, 2.75) is 32.6 Å². The number of hydrogen-bond donors (Lipinski definition) is 0. The van der Waals surface area contributed by atoms with Crippen LogP contribution in [0.5, 0.6) is 0 Å². The first-order valence-corrected chi connectivity index (χ1v) is 8.34. The molecule has 1 fully saturated rings. The molecule has 25 heavy (non-hydrogen) atoms. The van der Waals surface area contributed by atoms with Gasteiger partial charge in [-0.05, 0) is 19.4 Å². The monoisotopic (exact) mass is 340 g/mol. The third-order valence-electron chi connectivity index (χ3n) is 4.24. The van der Waals surface area contributed by atoms with E-state index in [0.29, 0.717) is 24.1 Å². The Balaban J connectivity index is 1.50. The smallest absolute Gasteiger partial charge is 0.285 e. The van der Waals surface area contributed by atoms with Gasteiger partial charge >= 0.3 is 0 Å². The van der Waals surface area contributed by atoms with E-state index in [1.54, 1.807) is 0 Å². The zero-order chi connectivity index (χ0) is 17.2. The highest BCUT2D eigenvalue weighted by Gasteiger charge is 2.31. The predicted octanol–water partition coefficient (Wildman–Crippen LogP) is 3.00. The standard InChI is InChI=1S/C18H20N4O3/c1-12-8-22(9-14-6-4-3-5-7-14)10-15(24-12)17-20-21-18(25-17)16-13(2)19-11-23-16/h3-7,11-12,15H,8-10H2,1-2H3/t12-,15-/m1/s1. The second-order valence-electron chi connectivity index (χ2n) is 6.33. The minimum atomic E-state index is -0.253. The van der Waals surface area contributed by atoms with Gasteiger partial charge in [0, 0.05) is 19.6 Å². The van der Waals surface area contributed by atoms with Gasteiger partial charge in [-0.2, -0.15) is 0 Å². The van der Waals surface area contributed by atoms with Crippen molar-refractivity contribution in [1.82, 2.24) is 20.1 Å². The van der Waals surface area contributed by atoms with Crippen molar-refractivity contribution in [3.63, 3.8) is 0 Å². The summed E-state index contributed by atoms with van der Waals surface area (Å²) in [6.07, 6.45) is 1.21. The lowest BCUT2D eigenvalue weighted by Crippen LogP contribution is -2.42. The molecular weight excluding hydrogens is 320 g/mol. The fourth-order valence-electron chi connectivity index (χ4n) is 3.11. The first-order valence-electron chi connectivity index (χ1n) is 8.34. The third kappa shape index (κ3) is 3.47. The molecule has 0 bridgehead atoms. The zero-order valence-electron chi connectivity index (χ0n) is 14.3. The Morgan fingerprint density at radius 1 is 1.16 bits per heavy atom. The van der Waals surface area contributed by atoms with Gasteiger partial charge < -0.3 is 13.6 Å². The second-order valence-corrected chi connectivity index (χ2v) is 6.33. The second kappa shape index (κ2) is 6.78. The van der Waals surface area contributed by atoms with E-state index in [-0.39, 0.29) is 12.2 Å². The molecule has 3 aromatic rings. The summed E-state index contributed by atoms with van der Waals surface area (Å²) >= 11 is 0. The Labute approximate surface area is 145 Å². The molecule has 2 aromatic heterocycles. The molecule has 3 heterocycles. The Bertz CT molecular complexity index is 830. The van der Waals surface area contributed by atoms with Crippen LogP contribution in [0.25, 0.3) is 11.7 Å². The Hall–Kier alpha value is -2.51. The van der Waals surface area contributed by atoms with Gasteiger partial charge in [0.05, 0.1) is 11.8 Å². The highest BCUT2D eigenvalue weighted by atomic mass is 16.5. The van der Waals surface area contributed by atoms with Crippen LogP contribution in [0.3, 0.4) is 0 Å². The van der Waals surface area contributed by atoms with Crippen molar-refractivity contribution in [1.29, 1.82) is 0 Å². The predicted molar refractivity (Wildman–Crippen MR) is 89.5 cm³/mol. The summed E-state index contributed by atoms with van der Waals surface area (Å²) in [5, 5.41) is 8.24. The van der Waals surface area contributed by atoms with E-state index in [0.717, 1.165) is 18.8 Å². The van der Waals surface area contributed by atoms with Crippen molar-refractivity contribution in [2.75, 3.05) is 13.1 Å². The number of nitrogens with zero attached hydrogens (tertiary/aromatic N) is 4. The van der Waals surface area contributed by atoms with Gasteiger partial charge in [-0.1, -0.05) is 30.3 Å². The maximum Gasteiger partial charge on any atom is 0.285 e. The number of aryl methyl sites for hydroxylation is 1. The van der Waals surface area contributed by atoms with Crippen LogP contribution in [0, 0.1) is 6.92 Å². The summed E-state index contributed by atoms with van der Waals surface area (Å²) in [5.41, 5.74) is 2.00. The molecule has 1 aromatic carbocycles. The summed E-state index contributed by atoms with van der Waals surface area (Å²) in [7, 11) is 0. The van der Waals surface area contributed by atoms with Crippen LogP contribution in [0.15, 0.2) is 45.6 Å². The quantitative estimate of drug-likeness (QED) is 0.722. The molecule has 7 nitrogen and oxygen atoms in total. The molecule has 1 aliphatic heterocycles. The molecule has 4 rings (SSSR count). The van der Waals surface area contributed by atoms with Crippen LogP contribution in [-0.2, 0) is 11.3 Å². The summed E-state index contributed by atoms with van der Waals surface area (Å²) in [5.74, 6) is 1.31. The SMILES string of the molecule is Cc1ncoc1-c1nnc([C@H]2CN(Cc3ccccc3)C[C@@H](C)O2)o1. The number of aromatic nitrogens is 3. The molecule has 0 spiro atoms. The van der Waals surface area contributed by atoms with Gasteiger partial charge in [0.1, 0.15) is 6.10 Å². The number of hydrogen-bond acceptors (Lipinski definition) is 7. The molecule has 7 heteroatoms. The van der Waals surface area contributed by atoms with Crippen LogP contribution in [-0.4, -0.2) is 39.3 Å². The van der Waals surface area contributed by atoms with Crippen LogP contribution in [0.4, 0.5) is 0 Å². The molecule has 0 N–H and O–H groups in total. The lowest BCUT2D eigenvalue weighted by molar-refractivity contribution is -0.0914. The van der Waals surface area contributed by atoms with Gasteiger partial charge in [0.25, 0.3) is 5.89 Å².